The van der Waals surface area contributed by atoms with Gasteiger partial charge in [-0.15, -0.1) is 0 Å². The minimum absolute atomic E-state index is 0.250. The summed E-state index contributed by atoms with van der Waals surface area (Å²) in [6, 6.07) is 5.34. The molecule has 5 N–H and O–H groups in total. The van der Waals surface area contributed by atoms with Gasteiger partial charge in [0.1, 0.15) is 0 Å². The highest BCUT2D eigenvalue weighted by Gasteiger charge is 2.03. The van der Waals surface area contributed by atoms with Gasteiger partial charge >= 0.3 is 0 Å². The number of anilines is 2. The highest BCUT2D eigenvalue weighted by molar-refractivity contribution is 9.10. The fraction of sp³-hybridized carbons (Fsp3) is 0.333. The van der Waals surface area contributed by atoms with E-state index in [0.29, 0.717) is 12.2 Å². The topological polar surface area (TPSA) is 78.5 Å². The monoisotopic (exact) mass is 260 g/mol. The molecule has 0 aliphatic rings. The second kappa shape index (κ2) is 5.19. The maximum atomic E-state index is 9.11. The van der Waals surface area contributed by atoms with E-state index < -0.39 is 6.10 Å². The molecule has 0 bridgehead atoms. The van der Waals surface area contributed by atoms with Gasteiger partial charge in [-0.25, -0.2) is 0 Å². The Morgan fingerprint density at radius 1 is 1.50 bits per heavy atom. The zero-order valence-electron chi connectivity index (χ0n) is 7.57. The fourth-order valence-electron chi connectivity index (χ4n) is 0.967. The van der Waals surface area contributed by atoms with E-state index in [1.54, 1.807) is 12.1 Å². The van der Waals surface area contributed by atoms with Gasteiger partial charge in [0.05, 0.1) is 12.7 Å². The molecule has 4 nitrogen and oxygen atoms in total. The van der Waals surface area contributed by atoms with Crippen molar-refractivity contribution in [1.29, 1.82) is 0 Å². The lowest BCUT2D eigenvalue weighted by Crippen LogP contribution is -2.23. The van der Waals surface area contributed by atoms with Crippen LogP contribution in [0.3, 0.4) is 0 Å². The number of nitrogens with two attached hydrogens (primary N) is 1. The van der Waals surface area contributed by atoms with Crippen molar-refractivity contribution in [3.63, 3.8) is 0 Å². The predicted octanol–water partition coefficient (Wildman–Crippen LogP) is 0.796. The molecule has 1 aromatic carbocycles. The number of rotatable bonds is 4. The third kappa shape index (κ3) is 3.17. The number of aliphatic hydroxyl groups is 2. The molecule has 0 radical (unpaired) electrons. The van der Waals surface area contributed by atoms with Crippen LogP contribution in [0.15, 0.2) is 22.7 Å². The highest BCUT2D eigenvalue weighted by Crippen LogP contribution is 2.24. The largest absolute Gasteiger partial charge is 0.399 e. The molecule has 5 heteroatoms. The van der Waals surface area contributed by atoms with E-state index in [4.69, 9.17) is 15.9 Å². The van der Waals surface area contributed by atoms with Gasteiger partial charge in [0, 0.05) is 22.4 Å². The standard InChI is InChI=1S/C9H13BrN2O2/c10-8-3-6(11)1-2-9(8)12-4-7(14)5-13/h1-3,7,12-14H,4-5,11H2. The predicted molar refractivity (Wildman–Crippen MR) is 60.1 cm³/mol. The SMILES string of the molecule is Nc1ccc(NCC(O)CO)c(Br)c1. The summed E-state index contributed by atoms with van der Waals surface area (Å²) < 4.78 is 0.836. The van der Waals surface area contributed by atoms with Crippen LogP contribution in [-0.4, -0.2) is 29.5 Å². The van der Waals surface area contributed by atoms with E-state index in [0.717, 1.165) is 10.2 Å². The van der Waals surface area contributed by atoms with Crippen molar-refractivity contribution in [2.24, 2.45) is 0 Å². The summed E-state index contributed by atoms with van der Waals surface area (Å²) >= 11 is 3.33. The number of hydrogen-bond donors (Lipinski definition) is 4. The number of aliphatic hydroxyl groups excluding tert-OH is 2. The van der Waals surface area contributed by atoms with Gasteiger partial charge in [-0.1, -0.05) is 0 Å². The summed E-state index contributed by atoms with van der Waals surface area (Å²) in [6.45, 7) is 0.0542. The first-order valence-corrected chi connectivity index (χ1v) is 5.00. The summed E-state index contributed by atoms with van der Waals surface area (Å²) in [5.41, 5.74) is 7.07. The molecule has 1 aromatic rings. The van der Waals surface area contributed by atoms with Crippen molar-refractivity contribution in [2.75, 3.05) is 24.2 Å². The summed E-state index contributed by atoms with van der Waals surface area (Å²) in [7, 11) is 0. The quantitative estimate of drug-likeness (QED) is 0.604. The van der Waals surface area contributed by atoms with Gasteiger partial charge in [-0.3, -0.25) is 0 Å². The molecule has 0 aliphatic carbocycles. The van der Waals surface area contributed by atoms with E-state index in [9.17, 15) is 0 Å². The summed E-state index contributed by atoms with van der Waals surface area (Å²) in [6.07, 6.45) is -0.751. The lowest BCUT2D eigenvalue weighted by Gasteiger charge is -2.11. The average molecular weight is 261 g/mol. The summed E-state index contributed by atoms with van der Waals surface area (Å²) in [4.78, 5) is 0. The maximum Gasteiger partial charge on any atom is 0.0942 e. The van der Waals surface area contributed by atoms with Crippen molar-refractivity contribution in [1.82, 2.24) is 0 Å². The normalized spacial score (nSPS) is 12.5. The van der Waals surface area contributed by atoms with Gasteiger partial charge in [0.25, 0.3) is 0 Å². The average Bonchev–Trinajstić information content (AvgIpc) is 2.16. The van der Waals surface area contributed by atoms with Crippen LogP contribution in [0.5, 0.6) is 0 Å². The maximum absolute atomic E-state index is 9.11. The van der Waals surface area contributed by atoms with Gasteiger partial charge in [-0.05, 0) is 34.1 Å². The Hall–Kier alpha value is -0.780. The third-order valence-electron chi connectivity index (χ3n) is 1.73. The zero-order chi connectivity index (χ0) is 10.6. The van der Waals surface area contributed by atoms with Crippen molar-refractivity contribution < 1.29 is 10.2 Å². The molecule has 0 aliphatic heterocycles. The van der Waals surface area contributed by atoms with Crippen LogP contribution in [0.1, 0.15) is 0 Å². The lowest BCUT2D eigenvalue weighted by molar-refractivity contribution is 0.105. The molecule has 0 aromatic heterocycles. The number of hydrogen-bond acceptors (Lipinski definition) is 4. The van der Waals surface area contributed by atoms with E-state index in [1.165, 1.54) is 0 Å². The Bertz CT molecular complexity index is 307. The van der Waals surface area contributed by atoms with Crippen molar-refractivity contribution >= 4 is 27.3 Å². The number of benzene rings is 1. The second-order valence-corrected chi connectivity index (χ2v) is 3.81. The van der Waals surface area contributed by atoms with Crippen LogP contribution >= 0.6 is 15.9 Å². The highest BCUT2D eigenvalue weighted by atomic mass is 79.9. The van der Waals surface area contributed by atoms with Gasteiger partial charge in [0.2, 0.25) is 0 Å². The van der Waals surface area contributed by atoms with Gasteiger partial charge in [-0.2, -0.15) is 0 Å². The fourth-order valence-corrected chi connectivity index (χ4v) is 1.50. The van der Waals surface area contributed by atoms with Crippen LogP contribution in [0.25, 0.3) is 0 Å². The van der Waals surface area contributed by atoms with Crippen molar-refractivity contribution in [3.05, 3.63) is 22.7 Å². The smallest absolute Gasteiger partial charge is 0.0942 e. The first-order valence-electron chi connectivity index (χ1n) is 4.21. The molecule has 0 heterocycles. The van der Waals surface area contributed by atoms with Crippen LogP contribution in [-0.2, 0) is 0 Å². The first kappa shape index (κ1) is 11.3. The molecule has 0 saturated heterocycles. The van der Waals surface area contributed by atoms with Gasteiger partial charge in [0.15, 0.2) is 0 Å². The molecule has 1 atom stereocenters. The Morgan fingerprint density at radius 2 is 2.21 bits per heavy atom. The van der Waals surface area contributed by atoms with E-state index in [1.807, 2.05) is 6.07 Å². The van der Waals surface area contributed by atoms with Crippen molar-refractivity contribution in [2.45, 2.75) is 6.10 Å². The first-order chi connectivity index (χ1) is 6.63. The minimum atomic E-state index is -0.751. The van der Waals surface area contributed by atoms with Crippen LogP contribution < -0.4 is 11.1 Å². The summed E-state index contributed by atoms with van der Waals surface area (Å²) in [5.74, 6) is 0. The molecule has 1 rings (SSSR count). The van der Waals surface area contributed by atoms with Crippen molar-refractivity contribution in [3.8, 4) is 0 Å². The molecule has 78 valence electrons. The number of nitrogens with one attached hydrogen (secondary N) is 1. The second-order valence-electron chi connectivity index (χ2n) is 2.96. The molecule has 0 fully saturated rings. The van der Waals surface area contributed by atoms with E-state index >= 15 is 0 Å². The molecule has 0 spiro atoms. The minimum Gasteiger partial charge on any atom is -0.399 e. The Morgan fingerprint density at radius 3 is 2.79 bits per heavy atom. The number of nitrogen functional groups attached to an aromatic ring is 1. The number of halogens is 1. The lowest BCUT2D eigenvalue weighted by atomic mass is 10.2. The summed E-state index contributed by atoms with van der Waals surface area (Å²) in [5, 5.41) is 20.7. The molecule has 0 amide bonds. The van der Waals surface area contributed by atoms with Crippen LogP contribution in [0, 0.1) is 0 Å². The Labute approximate surface area is 90.9 Å². The molecular formula is C9H13BrN2O2. The molecule has 1 unspecified atom stereocenters. The molecule has 0 saturated carbocycles. The molecule has 14 heavy (non-hydrogen) atoms. The van der Waals surface area contributed by atoms with E-state index in [-0.39, 0.29) is 6.61 Å². The molecular weight excluding hydrogens is 248 g/mol. The Kier molecular flexibility index (Phi) is 4.19. The Balaban J connectivity index is 2.59. The van der Waals surface area contributed by atoms with Gasteiger partial charge < -0.3 is 21.3 Å². The third-order valence-corrected chi connectivity index (χ3v) is 2.39. The van der Waals surface area contributed by atoms with E-state index in [2.05, 4.69) is 21.2 Å². The zero-order valence-corrected chi connectivity index (χ0v) is 9.16. The van der Waals surface area contributed by atoms with Crippen LogP contribution in [0.2, 0.25) is 0 Å². The van der Waals surface area contributed by atoms with Crippen LogP contribution in [0.4, 0.5) is 11.4 Å².